The third-order valence-electron chi connectivity index (χ3n) is 10.6. The Hall–Kier alpha value is -3.60. The van der Waals surface area contributed by atoms with E-state index >= 15 is 0 Å². The van der Waals surface area contributed by atoms with Gasteiger partial charge in [0, 0.05) is 16.5 Å². The number of aromatic hydroxyl groups is 2. The van der Waals surface area contributed by atoms with Crippen LogP contribution < -0.4 is 0 Å². The van der Waals surface area contributed by atoms with E-state index in [1.54, 1.807) is 0 Å². The Morgan fingerprint density at radius 1 is 0.542 bits per heavy atom. The predicted octanol–water partition coefficient (Wildman–Crippen LogP) is 10.2. The monoisotopic (exact) mass is 646 g/mol. The minimum Gasteiger partial charge on any atom is -0.507 e. The summed E-state index contributed by atoms with van der Waals surface area (Å²) in [4.78, 5) is 4.43. The van der Waals surface area contributed by atoms with Gasteiger partial charge in [0.2, 0.25) is 0 Å². The van der Waals surface area contributed by atoms with Gasteiger partial charge in [-0.1, -0.05) is 134 Å². The number of hydrogen-bond donors (Lipinski definition) is 2. The van der Waals surface area contributed by atoms with Crippen molar-refractivity contribution in [2.45, 2.75) is 102 Å². The molecule has 0 radical (unpaired) electrons. The quantitative estimate of drug-likeness (QED) is 0.200. The minimum absolute atomic E-state index is 0.107. The molecular formula is C44H58N2O2. The Bertz CT molecular complexity index is 1570. The zero-order chi connectivity index (χ0) is 35.0. The van der Waals surface area contributed by atoms with Crippen LogP contribution in [0.3, 0.4) is 0 Å². The fraction of sp³-hybridized carbons (Fsp3) is 0.455. The third kappa shape index (κ3) is 6.93. The van der Waals surface area contributed by atoms with Crippen molar-refractivity contribution in [2.75, 3.05) is 28.2 Å². The van der Waals surface area contributed by atoms with Gasteiger partial charge in [-0.3, -0.25) is 9.80 Å². The highest BCUT2D eigenvalue weighted by atomic mass is 16.3. The van der Waals surface area contributed by atoms with Crippen LogP contribution in [0.4, 0.5) is 0 Å². The molecule has 2 N–H and O–H groups in total. The number of hydrogen-bond acceptors (Lipinski definition) is 4. The average molecular weight is 647 g/mol. The van der Waals surface area contributed by atoms with Gasteiger partial charge in [0.05, 0.1) is 12.1 Å². The lowest BCUT2D eigenvalue weighted by Crippen LogP contribution is -2.33. The summed E-state index contributed by atoms with van der Waals surface area (Å²) in [6, 6.07) is 30.1. The maximum absolute atomic E-state index is 12.1. The Labute approximate surface area is 290 Å². The van der Waals surface area contributed by atoms with Crippen LogP contribution in [0.1, 0.15) is 130 Å². The first kappa shape index (κ1) is 35.7. The number of nitrogens with zero attached hydrogens (tertiary/aromatic N) is 2. The maximum Gasteiger partial charge on any atom is 0.124 e. The normalized spacial score (nSPS) is 16.7. The highest BCUT2D eigenvalue weighted by Crippen LogP contribution is 2.52. The summed E-state index contributed by atoms with van der Waals surface area (Å²) in [6.45, 7) is 13.2. The van der Waals surface area contributed by atoms with E-state index in [4.69, 9.17) is 0 Å². The Kier molecular flexibility index (Phi) is 10.2. The second-order valence-corrected chi connectivity index (χ2v) is 16.6. The Balaban J connectivity index is 1.86. The molecule has 0 bridgehead atoms. The zero-order valence-corrected chi connectivity index (χ0v) is 31.1. The van der Waals surface area contributed by atoms with Gasteiger partial charge in [-0.15, -0.1) is 0 Å². The fourth-order valence-corrected chi connectivity index (χ4v) is 8.11. The molecule has 5 rings (SSSR count). The summed E-state index contributed by atoms with van der Waals surface area (Å²) >= 11 is 0. The summed E-state index contributed by atoms with van der Waals surface area (Å²) in [7, 11) is 8.40. The first-order valence-corrected chi connectivity index (χ1v) is 17.7. The maximum atomic E-state index is 12.1. The van der Waals surface area contributed by atoms with Crippen LogP contribution in [0.15, 0.2) is 84.9 Å². The molecule has 256 valence electrons. The van der Waals surface area contributed by atoms with E-state index in [9.17, 15) is 10.2 Å². The van der Waals surface area contributed by atoms with Crippen LogP contribution in [0, 0.1) is 0 Å². The third-order valence-corrected chi connectivity index (χ3v) is 10.6. The molecule has 0 aromatic heterocycles. The van der Waals surface area contributed by atoms with Crippen LogP contribution in [-0.2, 0) is 16.2 Å². The fourth-order valence-electron chi connectivity index (χ4n) is 8.11. The molecular weight excluding hydrogens is 588 g/mol. The molecule has 1 aliphatic rings. The van der Waals surface area contributed by atoms with Crippen molar-refractivity contribution in [3.8, 4) is 11.5 Å². The molecule has 2 unspecified atom stereocenters. The topological polar surface area (TPSA) is 46.9 Å². The molecule has 48 heavy (non-hydrogen) atoms. The number of phenolic OH excluding ortho intramolecular Hbond substituents is 2. The van der Waals surface area contributed by atoms with Crippen molar-refractivity contribution in [3.05, 3.63) is 129 Å². The molecule has 0 amide bonds. The Morgan fingerprint density at radius 2 is 0.896 bits per heavy atom. The van der Waals surface area contributed by atoms with Crippen molar-refractivity contribution >= 4 is 0 Å². The van der Waals surface area contributed by atoms with Gasteiger partial charge in [0.1, 0.15) is 11.5 Å². The summed E-state index contributed by atoms with van der Waals surface area (Å²) in [5.74, 6) is 0.775. The van der Waals surface area contributed by atoms with Crippen LogP contribution in [0.2, 0.25) is 0 Å². The lowest BCUT2D eigenvalue weighted by molar-refractivity contribution is 0.319. The average Bonchev–Trinajstić information content (AvgIpc) is 3.03. The van der Waals surface area contributed by atoms with Gasteiger partial charge in [-0.25, -0.2) is 0 Å². The lowest BCUT2D eigenvalue weighted by atomic mass is 9.63. The zero-order valence-electron chi connectivity index (χ0n) is 31.1. The molecule has 0 saturated heterocycles. The molecule has 1 saturated carbocycles. The summed E-state index contributed by atoms with van der Waals surface area (Å²) < 4.78 is 0. The number of phenols is 2. The van der Waals surface area contributed by atoms with Crippen molar-refractivity contribution < 1.29 is 10.2 Å². The van der Waals surface area contributed by atoms with Crippen LogP contribution in [0.5, 0.6) is 11.5 Å². The van der Waals surface area contributed by atoms with Crippen LogP contribution in [0.25, 0.3) is 0 Å². The second kappa shape index (κ2) is 13.7. The summed E-state index contributed by atoms with van der Waals surface area (Å²) in [6.07, 6.45) is 5.51. The lowest BCUT2D eigenvalue weighted by Gasteiger charge is -2.42. The van der Waals surface area contributed by atoms with Crippen molar-refractivity contribution in [1.29, 1.82) is 0 Å². The smallest absolute Gasteiger partial charge is 0.124 e. The molecule has 1 fully saturated rings. The predicted molar refractivity (Wildman–Crippen MR) is 201 cm³/mol. The highest BCUT2D eigenvalue weighted by molar-refractivity contribution is 5.58. The van der Waals surface area contributed by atoms with Gasteiger partial charge < -0.3 is 10.2 Å². The van der Waals surface area contributed by atoms with E-state index in [0.717, 1.165) is 59.1 Å². The van der Waals surface area contributed by atoms with Gasteiger partial charge in [0.15, 0.2) is 0 Å². The van der Waals surface area contributed by atoms with Gasteiger partial charge in [-0.05, 0) is 97.4 Å². The molecule has 4 aromatic rings. The SMILES string of the molecule is CN(C)C(c1ccccc1)c1cc(C2(c3cc(C(c4ccccc4)N(C)C)c(O)c(C(C)(C)C)c3)CCCCC2)cc(C(C)(C)C)c1O. The van der Waals surface area contributed by atoms with Gasteiger partial charge >= 0.3 is 0 Å². The van der Waals surface area contributed by atoms with Crippen LogP contribution >= 0.6 is 0 Å². The number of benzene rings is 4. The molecule has 1 aliphatic carbocycles. The van der Waals surface area contributed by atoms with Crippen molar-refractivity contribution in [3.63, 3.8) is 0 Å². The van der Waals surface area contributed by atoms with Crippen LogP contribution in [-0.4, -0.2) is 48.2 Å². The standard InChI is InChI=1S/C44H58N2O2/c1-42(2,3)36-28-32(26-34(40(36)47)38(45(7)8)30-20-14-11-15-21-30)44(24-18-13-19-25-44)33-27-35(41(48)37(29-33)43(4,5)6)39(46(9)10)31-22-16-12-17-23-31/h11-12,14-17,20-23,26-29,38-39,47-48H,13,18-19,24-25H2,1-10H3. The molecule has 0 spiro atoms. The summed E-state index contributed by atoms with van der Waals surface area (Å²) in [5.41, 5.74) is 7.90. The molecule has 0 aliphatic heterocycles. The van der Waals surface area contributed by atoms with E-state index in [0.29, 0.717) is 11.5 Å². The van der Waals surface area contributed by atoms with E-state index < -0.39 is 0 Å². The van der Waals surface area contributed by atoms with E-state index in [1.165, 1.54) is 17.5 Å². The molecule has 4 nitrogen and oxygen atoms in total. The highest BCUT2D eigenvalue weighted by Gasteiger charge is 2.41. The second-order valence-electron chi connectivity index (χ2n) is 16.6. The largest absolute Gasteiger partial charge is 0.507 e. The van der Waals surface area contributed by atoms with E-state index in [1.807, 2.05) is 0 Å². The van der Waals surface area contributed by atoms with E-state index in [-0.39, 0.29) is 28.3 Å². The minimum atomic E-state index is -0.274. The molecule has 2 atom stereocenters. The van der Waals surface area contributed by atoms with Gasteiger partial charge in [-0.2, -0.15) is 0 Å². The molecule has 4 heteroatoms. The molecule has 0 heterocycles. The molecule has 4 aromatic carbocycles. The van der Waals surface area contributed by atoms with Crippen molar-refractivity contribution in [2.24, 2.45) is 0 Å². The van der Waals surface area contributed by atoms with E-state index in [2.05, 4.69) is 164 Å². The summed E-state index contributed by atoms with van der Waals surface area (Å²) in [5, 5.41) is 24.2. The Morgan fingerprint density at radius 3 is 1.21 bits per heavy atom. The van der Waals surface area contributed by atoms with Crippen molar-refractivity contribution in [1.82, 2.24) is 9.80 Å². The van der Waals surface area contributed by atoms with Gasteiger partial charge in [0.25, 0.3) is 0 Å². The first-order valence-electron chi connectivity index (χ1n) is 17.7. The first-order chi connectivity index (χ1) is 22.6. The number of rotatable bonds is 8.